The minimum absolute atomic E-state index is 0.0777. The first-order chi connectivity index (χ1) is 29.6. The maximum Gasteiger partial charge on any atom is 0.321 e. The van der Waals surface area contributed by atoms with Gasteiger partial charge in [0.25, 0.3) is 5.91 Å². The van der Waals surface area contributed by atoms with Gasteiger partial charge in [-0.1, -0.05) is 44.6 Å². The van der Waals surface area contributed by atoms with E-state index >= 15 is 0 Å². The lowest BCUT2D eigenvalue weighted by Crippen LogP contribution is -2.58. The van der Waals surface area contributed by atoms with E-state index in [1.807, 2.05) is 66.9 Å². The van der Waals surface area contributed by atoms with E-state index in [-0.39, 0.29) is 31.3 Å². The molecule has 1 saturated heterocycles. The van der Waals surface area contributed by atoms with Gasteiger partial charge >= 0.3 is 6.03 Å². The Labute approximate surface area is 367 Å². The molecule has 4 atom stereocenters. The third-order valence-electron chi connectivity index (χ3n) is 12.9. The molecule has 2 aliphatic heterocycles. The van der Waals surface area contributed by atoms with Crippen molar-refractivity contribution in [2.75, 3.05) is 27.3 Å². The summed E-state index contributed by atoms with van der Waals surface area (Å²) in [6.45, 7) is 8.58. The lowest BCUT2D eigenvalue weighted by Gasteiger charge is -2.32. The van der Waals surface area contributed by atoms with Crippen LogP contribution in [-0.4, -0.2) is 95.8 Å². The highest BCUT2D eigenvalue weighted by atomic mass is 32.2. The number of fused-ring (bicyclic) bond motifs is 3. The van der Waals surface area contributed by atoms with Crippen molar-refractivity contribution in [3.8, 4) is 28.0 Å². The lowest BCUT2D eigenvalue weighted by atomic mass is 10.1. The van der Waals surface area contributed by atoms with E-state index in [9.17, 15) is 22.8 Å². The predicted octanol–water partition coefficient (Wildman–Crippen LogP) is 7.25. The van der Waals surface area contributed by atoms with E-state index in [1.54, 1.807) is 30.9 Å². The molecular weight excluding hydrogens is 829 g/mol. The van der Waals surface area contributed by atoms with Crippen molar-refractivity contribution in [3.05, 3.63) is 76.8 Å². The van der Waals surface area contributed by atoms with Crippen LogP contribution in [0.25, 0.3) is 21.6 Å². The molecule has 16 heteroatoms. The van der Waals surface area contributed by atoms with Gasteiger partial charge < -0.3 is 29.3 Å². The standard InChI is InChI=1S/C46H56N6O8S2/c1-28(2)36-27-61-42(48-36)35-23-39(34-17-18-38(59-6)29(3)40(34)47-35)60-33-22-37-41(53)49-46(43(54)50-62(56,57)45(4)19-20-45)24-31(46)12-10-8-7-9-11-21-51(44(55)52(37)26-33)25-30-13-15-32(58-5)16-14-30/h10,12-18,23,27-28,31,33,37H,7-9,11,19-22,24-26H2,1-6H3,(H,49,53)(H,50,54)/b12-10-/t31-,33-,37+,46-/m1/s1. The number of urea groups is 1. The molecule has 2 aromatic carbocycles. The van der Waals surface area contributed by atoms with E-state index in [2.05, 4.69) is 23.9 Å². The quantitative estimate of drug-likeness (QED) is 0.146. The van der Waals surface area contributed by atoms with Crippen LogP contribution in [0.5, 0.6) is 17.2 Å². The molecule has 0 radical (unpaired) electrons. The molecule has 4 aromatic rings. The average Bonchev–Trinajstić information content (AvgIpc) is 4.02. The number of aryl methyl sites for hydroxylation is 1. The number of thiazole rings is 1. The number of rotatable bonds is 11. The molecule has 62 heavy (non-hydrogen) atoms. The molecule has 4 heterocycles. The summed E-state index contributed by atoms with van der Waals surface area (Å²) in [4.78, 5) is 57.1. The molecule has 0 spiro atoms. The number of benzene rings is 2. The highest BCUT2D eigenvalue weighted by Crippen LogP contribution is 2.48. The highest BCUT2D eigenvalue weighted by molar-refractivity contribution is 7.91. The fourth-order valence-electron chi connectivity index (χ4n) is 8.44. The van der Waals surface area contributed by atoms with E-state index in [0.29, 0.717) is 54.4 Å². The number of allylic oxidation sites excluding steroid dienone is 1. The van der Waals surface area contributed by atoms with Crippen molar-refractivity contribution >= 4 is 50.1 Å². The zero-order chi connectivity index (χ0) is 44.0. The Kier molecular flexibility index (Phi) is 12.0. The zero-order valence-corrected chi connectivity index (χ0v) is 37.9. The fraction of sp³-hybridized carbons (Fsp3) is 0.500. The normalized spacial score (nSPS) is 24.3. The Morgan fingerprint density at radius 3 is 2.50 bits per heavy atom. The third-order valence-corrected chi connectivity index (χ3v) is 15.9. The summed E-state index contributed by atoms with van der Waals surface area (Å²) in [6, 6.07) is 11.8. The van der Waals surface area contributed by atoms with Gasteiger partial charge in [-0.3, -0.25) is 14.3 Å². The number of nitrogens with one attached hydrogen (secondary N) is 2. The number of aromatic nitrogens is 2. The first-order valence-corrected chi connectivity index (χ1v) is 23.9. The fourth-order valence-corrected chi connectivity index (χ4v) is 10.7. The van der Waals surface area contributed by atoms with Crippen molar-refractivity contribution in [2.24, 2.45) is 5.92 Å². The van der Waals surface area contributed by atoms with Crippen molar-refractivity contribution in [2.45, 2.75) is 114 Å². The number of sulfonamides is 1. The van der Waals surface area contributed by atoms with Crippen LogP contribution < -0.4 is 24.2 Å². The molecule has 0 unspecified atom stereocenters. The molecular formula is C46H56N6O8S2. The number of pyridine rings is 1. The smallest absolute Gasteiger partial charge is 0.321 e. The maximum atomic E-state index is 15.0. The predicted molar refractivity (Wildman–Crippen MR) is 238 cm³/mol. The van der Waals surface area contributed by atoms with Gasteiger partial charge in [0.1, 0.15) is 45.6 Å². The van der Waals surface area contributed by atoms with Gasteiger partial charge in [-0.05, 0) is 88.1 Å². The van der Waals surface area contributed by atoms with Gasteiger partial charge in [0.2, 0.25) is 15.9 Å². The van der Waals surface area contributed by atoms with E-state index in [4.69, 9.17) is 24.2 Å². The number of methoxy groups -OCH3 is 2. The zero-order valence-electron chi connectivity index (χ0n) is 36.2. The second-order valence-electron chi connectivity index (χ2n) is 17.7. The first kappa shape index (κ1) is 43.4. The number of ether oxygens (including phenoxy) is 3. The van der Waals surface area contributed by atoms with E-state index in [0.717, 1.165) is 52.9 Å². The molecule has 3 fully saturated rings. The Balaban J connectivity index is 1.15. The summed E-state index contributed by atoms with van der Waals surface area (Å²) in [6.07, 6.45) is 7.76. The van der Waals surface area contributed by atoms with Crippen LogP contribution >= 0.6 is 11.3 Å². The molecule has 4 aliphatic rings. The SMILES string of the molecule is COc1ccc(CN2CCCCC/C=C\[C@@H]3C[C@@]3(C(=O)NS(=O)(=O)C3(C)CC3)NC(=O)[C@@H]3C[C@@H](Oc4cc(-c5nc(C(C)C)cs5)nc5c(C)c(OC)ccc45)CN3C2=O)cc1. The van der Waals surface area contributed by atoms with Crippen LogP contribution in [-0.2, 0) is 26.2 Å². The minimum Gasteiger partial charge on any atom is -0.497 e. The number of hydrogen-bond donors (Lipinski definition) is 2. The number of nitrogens with zero attached hydrogens (tertiary/aromatic N) is 4. The topological polar surface area (TPSA) is 169 Å². The van der Waals surface area contributed by atoms with E-state index in [1.165, 1.54) is 11.3 Å². The summed E-state index contributed by atoms with van der Waals surface area (Å²) in [5.41, 5.74) is 2.51. The molecule has 4 amide bonds. The molecule has 2 N–H and O–H groups in total. The minimum atomic E-state index is -3.98. The molecule has 330 valence electrons. The Hall–Kier alpha value is -5.22. The number of amides is 4. The van der Waals surface area contributed by atoms with Crippen LogP contribution in [0.2, 0.25) is 0 Å². The highest BCUT2D eigenvalue weighted by Gasteiger charge is 2.63. The van der Waals surface area contributed by atoms with Crippen molar-refractivity contribution in [1.82, 2.24) is 29.8 Å². The first-order valence-electron chi connectivity index (χ1n) is 21.5. The van der Waals surface area contributed by atoms with Gasteiger partial charge in [-0.25, -0.2) is 23.2 Å². The summed E-state index contributed by atoms with van der Waals surface area (Å²) < 4.78 is 45.9. The van der Waals surface area contributed by atoms with Crippen molar-refractivity contribution in [3.63, 3.8) is 0 Å². The Morgan fingerprint density at radius 1 is 1.03 bits per heavy atom. The number of carbonyl (C=O) groups is 3. The summed E-state index contributed by atoms with van der Waals surface area (Å²) in [7, 11) is -0.764. The van der Waals surface area contributed by atoms with Gasteiger partial charge in [-0.2, -0.15) is 0 Å². The maximum absolute atomic E-state index is 15.0. The van der Waals surface area contributed by atoms with Gasteiger partial charge in [0, 0.05) is 47.8 Å². The molecule has 14 nitrogen and oxygen atoms in total. The lowest BCUT2D eigenvalue weighted by molar-refractivity contribution is -0.131. The van der Waals surface area contributed by atoms with Crippen LogP contribution in [0.15, 0.2) is 60.0 Å². The third kappa shape index (κ3) is 8.59. The largest absolute Gasteiger partial charge is 0.497 e. The van der Waals surface area contributed by atoms with E-state index < -0.39 is 50.2 Å². The average molecular weight is 885 g/mol. The van der Waals surface area contributed by atoms with Crippen LogP contribution in [0.4, 0.5) is 4.79 Å². The molecule has 0 bridgehead atoms. The summed E-state index contributed by atoms with van der Waals surface area (Å²) >= 11 is 1.50. The molecule has 8 rings (SSSR count). The Morgan fingerprint density at radius 2 is 1.81 bits per heavy atom. The van der Waals surface area contributed by atoms with Crippen LogP contribution in [0, 0.1) is 12.8 Å². The monoisotopic (exact) mass is 884 g/mol. The second-order valence-corrected chi connectivity index (χ2v) is 20.7. The van der Waals surface area contributed by atoms with Crippen LogP contribution in [0.1, 0.15) is 94.9 Å². The summed E-state index contributed by atoms with van der Waals surface area (Å²) in [5.74, 6) is 0.413. The summed E-state index contributed by atoms with van der Waals surface area (Å²) in [5, 5.41) is 6.50. The number of carbonyl (C=O) groups excluding carboxylic acids is 3. The molecule has 2 saturated carbocycles. The van der Waals surface area contributed by atoms with Gasteiger partial charge in [0.15, 0.2) is 0 Å². The van der Waals surface area contributed by atoms with Crippen molar-refractivity contribution < 1.29 is 37.0 Å². The Bertz CT molecular complexity index is 2500. The van der Waals surface area contributed by atoms with Crippen LogP contribution in [0.3, 0.4) is 0 Å². The molecule has 2 aliphatic carbocycles. The van der Waals surface area contributed by atoms with Crippen molar-refractivity contribution in [1.29, 1.82) is 0 Å². The number of hydrogen-bond acceptors (Lipinski definition) is 11. The van der Waals surface area contributed by atoms with Gasteiger partial charge in [-0.15, -0.1) is 11.3 Å². The second kappa shape index (κ2) is 17.2. The van der Waals surface area contributed by atoms with Gasteiger partial charge in [0.05, 0.1) is 36.7 Å². The molecule has 2 aromatic heterocycles.